The van der Waals surface area contributed by atoms with Crippen molar-refractivity contribution >= 4 is 34.4 Å². The van der Waals surface area contributed by atoms with E-state index in [0.29, 0.717) is 54.1 Å². The first-order chi connectivity index (χ1) is 17.0. The first kappa shape index (κ1) is 22.9. The molecule has 0 aliphatic carbocycles. The summed E-state index contributed by atoms with van der Waals surface area (Å²) in [6, 6.07) is 5.05. The van der Waals surface area contributed by atoms with Crippen molar-refractivity contribution in [3.63, 3.8) is 0 Å². The highest BCUT2D eigenvalue weighted by Gasteiger charge is 2.31. The molecule has 1 fully saturated rings. The molecule has 1 amide bonds. The standard InChI is InChI=1S/C22H26F2N10O/c1-13(35)32-10-7-17(15(24)12-32)27-22-28-20(25-2)19-14(6-11-33(19)30-22)16-4-5-18-21(26-16)34(31-29-18)9-3-8-23/h4-6,11,15,17H,3,7-10,12H2,1-2H3,(H2,25,27,28,30)/t15-,17+/m1/s1. The fourth-order valence-corrected chi connectivity index (χ4v) is 4.35. The van der Waals surface area contributed by atoms with Crippen LogP contribution in [0.3, 0.4) is 0 Å². The monoisotopic (exact) mass is 484 g/mol. The van der Waals surface area contributed by atoms with E-state index in [4.69, 9.17) is 4.98 Å². The number of carbonyl (C=O) groups is 1. The first-order valence-corrected chi connectivity index (χ1v) is 11.5. The van der Waals surface area contributed by atoms with Crippen molar-refractivity contribution in [3.05, 3.63) is 24.4 Å². The summed E-state index contributed by atoms with van der Waals surface area (Å²) < 4.78 is 30.6. The Bertz CT molecular complexity index is 1370. The first-order valence-electron chi connectivity index (χ1n) is 11.5. The number of rotatable bonds is 7. The molecule has 0 aromatic carbocycles. The van der Waals surface area contributed by atoms with E-state index in [1.54, 1.807) is 22.4 Å². The van der Waals surface area contributed by atoms with Crippen molar-refractivity contribution in [1.29, 1.82) is 0 Å². The Kier molecular flexibility index (Phi) is 6.14. The molecule has 4 aromatic rings. The maximum atomic E-state index is 14.7. The lowest BCUT2D eigenvalue weighted by atomic mass is 10.0. The Morgan fingerprint density at radius 3 is 2.86 bits per heavy atom. The van der Waals surface area contributed by atoms with Crippen LogP contribution in [0.5, 0.6) is 0 Å². The number of alkyl halides is 2. The summed E-state index contributed by atoms with van der Waals surface area (Å²) in [4.78, 5) is 22.4. The lowest BCUT2D eigenvalue weighted by molar-refractivity contribution is -0.131. The van der Waals surface area contributed by atoms with E-state index in [1.807, 2.05) is 18.2 Å². The number of hydrogen-bond donors (Lipinski definition) is 2. The van der Waals surface area contributed by atoms with Crippen LogP contribution in [-0.4, -0.2) is 84.4 Å². The van der Waals surface area contributed by atoms with Gasteiger partial charge in [-0.25, -0.2) is 18.6 Å². The van der Waals surface area contributed by atoms with Crippen molar-refractivity contribution in [2.75, 3.05) is 37.4 Å². The molecule has 5 rings (SSSR count). The number of likely N-dealkylation sites (tertiary alicyclic amines) is 1. The quantitative estimate of drug-likeness (QED) is 0.410. The molecule has 4 aromatic heterocycles. The van der Waals surface area contributed by atoms with Gasteiger partial charge < -0.3 is 15.5 Å². The molecule has 2 atom stereocenters. The predicted molar refractivity (Wildman–Crippen MR) is 127 cm³/mol. The zero-order valence-corrected chi connectivity index (χ0v) is 19.4. The second-order valence-electron chi connectivity index (χ2n) is 8.47. The molecular weight excluding hydrogens is 458 g/mol. The zero-order valence-electron chi connectivity index (χ0n) is 19.4. The van der Waals surface area contributed by atoms with Gasteiger partial charge in [-0.05, 0) is 31.0 Å². The molecular formula is C22H26F2N10O. The highest BCUT2D eigenvalue weighted by Crippen LogP contribution is 2.30. The van der Waals surface area contributed by atoms with Crippen molar-refractivity contribution in [2.45, 2.75) is 38.5 Å². The fraction of sp³-hybridized carbons (Fsp3) is 0.455. The van der Waals surface area contributed by atoms with Crippen LogP contribution in [0.15, 0.2) is 24.4 Å². The normalized spacial score (nSPS) is 18.3. The van der Waals surface area contributed by atoms with Gasteiger partial charge >= 0.3 is 0 Å². The van der Waals surface area contributed by atoms with Crippen LogP contribution in [0.4, 0.5) is 20.5 Å². The number of halogens is 2. The number of nitrogens with one attached hydrogen (secondary N) is 2. The number of nitrogens with zero attached hydrogens (tertiary/aromatic N) is 8. The number of carbonyl (C=O) groups excluding carboxylic acids is 1. The van der Waals surface area contributed by atoms with Crippen molar-refractivity contribution in [1.82, 2.24) is 39.5 Å². The summed E-state index contributed by atoms with van der Waals surface area (Å²) in [6.07, 6.45) is 1.36. The number of pyridine rings is 1. The molecule has 13 heteroatoms. The Labute approximate surface area is 199 Å². The third kappa shape index (κ3) is 4.33. The zero-order chi connectivity index (χ0) is 24.5. The van der Waals surface area contributed by atoms with Gasteiger partial charge in [-0.15, -0.1) is 10.2 Å². The van der Waals surface area contributed by atoms with Gasteiger partial charge in [0.05, 0.1) is 25.0 Å². The van der Waals surface area contributed by atoms with Crippen molar-refractivity contribution in [3.8, 4) is 11.3 Å². The molecule has 11 nitrogen and oxygen atoms in total. The molecule has 5 heterocycles. The molecule has 0 bridgehead atoms. The lowest BCUT2D eigenvalue weighted by Gasteiger charge is -2.34. The molecule has 0 saturated carbocycles. The van der Waals surface area contributed by atoms with Gasteiger partial charge in [-0.3, -0.25) is 9.18 Å². The van der Waals surface area contributed by atoms with E-state index in [2.05, 4.69) is 31.0 Å². The summed E-state index contributed by atoms with van der Waals surface area (Å²) in [5.74, 6) is 0.698. The SMILES string of the molecule is CNc1nc(N[C@H]2CCN(C(C)=O)C[C@H]2F)nn2ccc(-c3ccc4nnn(CCCF)c4n3)c12. The predicted octanol–water partition coefficient (Wildman–Crippen LogP) is 2.31. The topological polar surface area (TPSA) is 118 Å². The van der Waals surface area contributed by atoms with E-state index >= 15 is 0 Å². The minimum atomic E-state index is -1.23. The maximum absolute atomic E-state index is 14.7. The second-order valence-corrected chi connectivity index (χ2v) is 8.47. The number of hydrogen-bond acceptors (Lipinski definition) is 8. The molecule has 2 N–H and O–H groups in total. The second kappa shape index (κ2) is 9.39. The number of aromatic nitrogens is 7. The maximum Gasteiger partial charge on any atom is 0.243 e. The van der Waals surface area contributed by atoms with Crippen LogP contribution >= 0.6 is 0 Å². The van der Waals surface area contributed by atoms with Crippen LogP contribution in [0.1, 0.15) is 19.8 Å². The average Bonchev–Trinajstić information content (AvgIpc) is 3.47. The molecule has 1 saturated heterocycles. The number of aryl methyl sites for hydroxylation is 1. The van der Waals surface area contributed by atoms with Gasteiger partial charge in [-0.1, -0.05) is 5.21 Å². The minimum absolute atomic E-state index is 0.0483. The summed E-state index contributed by atoms with van der Waals surface area (Å²) in [5, 5.41) is 18.9. The van der Waals surface area contributed by atoms with Crippen LogP contribution in [0.2, 0.25) is 0 Å². The number of fused-ring (bicyclic) bond motifs is 2. The molecule has 0 radical (unpaired) electrons. The number of piperidine rings is 1. The van der Waals surface area contributed by atoms with Gasteiger partial charge in [0, 0.05) is 38.8 Å². The number of amides is 1. The highest BCUT2D eigenvalue weighted by atomic mass is 19.1. The van der Waals surface area contributed by atoms with E-state index in [0.717, 1.165) is 5.56 Å². The lowest BCUT2D eigenvalue weighted by Crippen LogP contribution is -2.49. The molecule has 0 unspecified atom stereocenters. The van der Waals surface area contributed by atoms with E-state index < -0.39 is 18.9 Å². The summed E-state index contributed by atoms with van der Waals surface area (Å²) >= 11 is 0. The van der Waals surface area contributed by atoms with Crippen molar-refractivity contribution < 1.29 is 13.6 Å². The smallest absolute Gasteiger partial charge is 0.243 e. The van der Waals surface area contributed by atoms with E-state index in [9.17, 15) is 13.6 Å². The van der Waals surface area contributed by atoms with Crippen LogP contribution in [-0.2, 0) is 11.3 Å². The van der Waals surface area contributed by atoms with Crippen LogP contribution in [0.25, 0.3) is 27.9 Å². The van der Waals surface area contributed by atoms with Crippen LogP contribution < -0.4 is 10.6 Å². The third-order valence-corrected chi connectivity index (χ3v) is 6.19. The average molecular weight is 485 g/mol. The molecule has 1 aliphatic rings. The van der Waals surface area contributed by atoms with E-state index in [-0.39, 0.29) is 18.4 Å². The fourth-order valence-electron chi connectivity index (χ4n) is 4.35. The summed E-state index contributed by atoms with van der Waals surface area (Å²) in [7, 11) is 1.75. The van der Waals surface area contributed by atoms with Crippen LogP contribution in [0, 0.1) is 0 Å². The minimum Gasteiger partial charge on any atom is -0.371 e. The molecule has 1 aliphatic heterocycles. The molecule has 0 spiro atoms. The third-order valence-electron chi connectivity index (χ3n) is 6.19. The molecule has 184 valence electrons. The summed E-state index contributed by atoms with van der Waals surface area (Å²) in [5.41, 5.74) is 3.37. The largest absolute Gasteiger partial charge is 0.371 e. The number of anilines is 2. The molecule has 35 heavy (non-hydrogen) atoms. The van der Waals surface area contributed by atoms with Gasteiger partial charge in [0.2, 0.25) is 11.9 Å². The van der Waals surface area contributed by atoms with Gasteiger partial charge in [-0.2, -0.15) is 4.98 Å². The Balaban J connectivity index is 1.46. The Morgan fingerprint density at radius 2 is 2.11 bits per heavy atom. The van der Waals surface area contributed by atoms with Gasteiger partial charge in [0.25, 0.3) is 0 Å². The van der Waals surface area contributed by atoms with Gasteiger partial charge in [0.1, 0.15) is 17.2 Å². The Hall–Kier alpha value is -3.90. The van der Waals surface area contributed by atoms with Gasteiger partial charge in [0.15, 0.2) is 11.5 Å². The highest BCUT2D eigenvalue weighted by molar-refractivity contribution is 5.89. The Morgan fingerprint density at radius 1 is 1.26 bits per heavy atom. The van der Waals surface area contributed by atoms with Crippen molar-refractivity contribution in [2.24, 2.45) is 0 Å². The summed E-state index contributed by atoms with van der Waals surface area (Å²) in [6.45, 7) is 1.92. The van der Waals surface area contributed by atoms with E-state index in [1.165, 1.54) is 11.8 Å².